The highest BCUT2D eigenvalue weighted by atomic mass is 16.7. The second kappa shape index (κ2) is 11.9. The van der Waals surface area contributed by atoms with Crippen molar-refractivity contribution in [2.24, 2.45) is 0 Å². The summed E-state index contributed by atoms with van der Waals surface area (Å²) < 4.78 is 22.2. The average Bonchev–Trinajstić information content (AvgIpc) is 3.61. The van der Waals surface area contributed by atoms with E-state index in [9.17, 15) is 9.59 Å². The van der Waals surface area contributed by atoms with Crippen LogP contribution in [0, 0.1) is 0 Å². The Morgan fingerprint density at radius 2 is 1.91 bits per heavy atom. The van der Waals surface area contributed by atoms with Crippen LogP contribution < -0.4 is 9.47 Å². The standard InChI is InChI=1S/C26H34N2O6/c1-2-3-4-9-25(29)28(17-22-8-6-13-32-22)18-26(30)27(16-21-7-5-12-31-21)15-20-10-11-23-24(14-20)34-19-33-23/h5,7,10-12,14,22H,2-4,6,8-9,13,15-19H2,1H3. The molecule has 0 aliphatic carbocycles. The van der Waals surface area contributed by atoms with Crippen LogP contribution >= 0.6 is 0 Å². The van der Waals surface area contributed by atoms with Gasteiger partial charge in [-0.05, 0) is 49.1 Å². The van der Waals surface area contributed by atoms with Crippen molar-refractivity contribution in [1.29, 1.82) is 0 Å². The second-order valence-corrected chi connectivity index (χ2v) is 8.88. The minimum Gasteiger partial charge on any atom is -0.467 e. The number of fused-ring (bicyclic) bond motifs is 1. The van der Waals surface area contributed by atoms with E-state index in [0.29, 0.717) is 49.9 Å². The lowest BCUT2D eigenvalue weighted by Crippen LogP contribution is -2.45. The van der Waals surface area contributed by atoms with E-state index in [-0.39, 0.29) is 31.3 Å². The van der Waals surface area contributed by atoms with Crippen LogP contribution in [0.25, 0.3) is 0 Å². The lowest BCUT2D eigenvalue weighted by atomic mass is 10.1. The number of carbonyl (C=O) groups is 2. The van der Waals surface area contributed by atoms with Gasteiger partial charge in [-0.3, -0.25) is 9.59 Å². The molecule has 1 unspecified atom stereocenters. The third-order valence-corrected chi connectivity index (χ3v) is 6.21. The third-order valence-electron chi connectivity index (χ3n) is 6.21. The molecule has 4 rings (SSSR count). The zero-order valence-corrected chi connectivity index (χ0v) is 19.9. The highest BCUT2D eigenvalue weighted by Crippen LogP contribution is 2.33. The van der Waals surface area contributed by atoms with E-state index in [4.69, 9.17) is 18.6 Å². The predicted octanol–water partition coefficient (Wildman–Crippen LogP) is 4.13. The quantitative estimate of drug-likeness (QED) is 0.434. The first-order valence-corrected chi connectivity index (χ1v) is 12.2. The number of amides is 2. The van der Waals surface area contributed by atoms with Crippen LogP contribution in [0.15, 0.2) is 41.0 Å². The maximum absolute atomic E-state index is 13.5. The van der Waals surface area contributed by atoms with Crippen LogP contribution in [0.3, 0.4) is 0 Å². The number of nitrogens with zero attached hydrogens (tertiary/aromatic N) is 2. The summed E-state index contributed by atoms with van der Waals surface area (Å²) in [5.41, 5.74) is 0.920. The summed E-state index contributed by atoms with van der Waals surface area (Å²) in [6, 6.07) is 9.33. The van der Waals surface area contributed by atoms with E-state index in [1.54, 1.807) is 22.1 Å². The van der Waals surface area contributed by atoms with Crippen LogP contribution in [0.2, 0.25) is 0 Å². The topological polar surface area (TPSA) is 81.5 Å². The van der Waals surface area contributed by atoms with Crippen molar-refractivity contribution in [3.05, 3.63) is 47.9 Å². The Labute approximate surface area is 200 Å². The molecule has 0 radical (unpaired) electrons. The summed E-state index contributed by atoms with van der Waals surface area (Å²) in [6.45, 7) is 4.19. The van der Waals surface area contributed by atoms with Crippen molar-refractivity contribution in [2.75, 3.05) is 26.5 Å². The molecule has 2 aliphatic rings. The van der Waals surface area contributed by atoms with Crippen LogP contribution in [0.5, 0.6) is 11.5 Å². The predicted molar refractivity (Wildman–Crippen MR) is 125 cm³/mol. The maximum Gasteiger partial charge on any atom is 0.242 e. The molecule has 0 N–H and O–H groups in total. The van der Waals surface area contributed by atoms with Crippen molar-refractivity contribution < 1.29 is 28.2 Å². The number of ether oxygens (including phenoxy) is 3. The summed E-state index contributed by atoms with van der Waals surface area (Å²) in [5, 5.41) is 0. The fourth-order valence-corrected chi connectivity index (χ4v) is 4.32. The minimum absolute atomic E-state index is 0.00434. The van der Waals surface area contributed by atoms with Gasteiger partial charge in [0, 0.05) is 26.1 Å². The van der Waals surface area contributed by atoms with Crippen molar-refractivity contribution in [3.63, 3.8) is 0 Å². The van der Waals surface area contributed by atoms with Crippen LogP contribution in [0.1, 0.15) is 56.8 Å². The molecule has 34 heavy (non-hydrogen) atoms. The smallest absolute Gasteiger partial charge is 0.242 e. The Hall–Kier alpha value is -3.00. The highest BCUT2D eigenvalue weighted by molar-refractivity contribution is 5.85. The number of hydrogen-bond acceptors (Lipinski definition) is 6. The molecule has 2 aliphatic heterocycles. The van der Waals surface area contributed by atoms with E-state index >= 15 is 0 Å². The van der Waals surface area contributed by atoms with E-state index < -0.39 is 0 Å². The van der Waals surface area contributed by atoms with Crippen molar-refractivity contribution >= 4 is 11.8 Å². The van der Waals surface area contributed by atoms with Crippen LogP contribution in [-0.4, -0.2) is 54.2 Å². The van der Waals surface area contributed by atoms with E-state index in [0.717, 1.165) is 37.7 Å². The number of unbranched alkanes of at least 4 members (excludes halogenated alkanes) is 2. The van der Waals surface area contributed by atoms with Gasteiger partial charge >= 0.3 is 0 Å². The molecule has 184 valence electrons. The van der Waals surface area contributed by atoms with Gasteiger partial charge < -0.3 is 28.4 Å². The molecule has 1 atom stereocenters. The third kappa shape index (κ3) is 6.53. The van der Waals surface area contributed by atoms with Gasteiger partial charge in [-0.2, -0.15) is 0 Å². The summed E-state index contributed by atoms with van der Waals surface area (Å²) >= 11 is 0. The molecule has 0 saturated carbocycles. The van der Waals surface area contributed by atoms with Gasteiger partial charge in [0.2, 0.25) is 18.6 Å². The molecule has 1 aromatic heterocycles. The van der Waals surface area contributed by atoms with Gasteiger partial charge in [0.05, 0.1) is 25.5 Å². The van der Waals surface area contributed by atoms with Crippen molar-refractivity contribution in [2.45, 2.75) is 64.6 Å². The second-order valence-electron chi connectivity index (χ2n) is 8.88. The van der Waals surface area contributed by atoms with Gasteiger partial charge in [0.25, 0.3) is 0 Å². The molecule has 0 spiro atoms. The SMILES string of the molecule is CCCCCC(=O)N(CC(=O)N(Cc1ccc2c(c1)OCO2)Cc1ccco1)CC1CCCO1. The zero-order chi connectivity index (χ0) is 23.8. The Morgan fingerprint density at radius 1 is 1.03 bits per heavy atom. The number of benzene rings is 1. The van der Waals surface area contributed by atoms with E-state index in [1.807, 2.05) is 24.3 Å². The zero-order valence-electron chi connectivity index (χ0n) is 19.9. The molecule has 8 heteroatoms. The Balaban J connectivity index is 1.47. The van der Waals surface area contributed by atoms with Gasteiger partial charge in [0.1, 0.15) is 5.76 Å². The Morgan fingerprint density at radius 3 is 2.68 bits per heavy atom. The molecule has 1 saturated heterocycles. The average molecular weight is 471 g/mol. The van der Waals surface area contributed by atoms with Crippen molar-refractivity contribution in [1.82, 2.24) is 9.80 Å². The first-order valence-electron chi connectivity index (χ1n) is 12.2. The van der Waals surface area contributed by atoms with Crippen molar-refractivity contribution in [3.8, 4) is 11.5 Å². The summed E-state index contributed by atoms with van der Waals surface area (Å²) in [5.74, 6) is 1.95. The fourth-order valence-electron chi connectivity index (χ4n) is 4.32. The van der Waals surface area contributed by atoms with Crippen LogP contribution in [0.4, 0.5) is 0 Å². The molecular weight excluding hydrogens is 436 g/mol. The van der Waals surface area contributed by atoms with Crippen LogP contribution in [-0.2, 0) is 27.4 Å². The number of rotatable bonds is 12. The first-order chi connectivity index (χ1) is 16.6. The van der Waals surface area contributed by atoms with Gasteiger partial charge in [-0.15, -0.1) is 0 Å². The summed E-state index contributed by atoms with van der Waals surface area (Å²) in [6.07, 6.45) is 6.83. The lowest BCUT2D eigenvalue weighted by Gasteiger charge is -2.29. The monoisotopic (exact) mass is 470 g/mol. The molecule has 1 aromatic carbocycles. The Bertz CT molecular complexity index is 939. The largest absolute Gasteiger partial charge is 0.467 e. The number of hydrogen-bond donors (Lipinski definition) is 0. The summed E-state index contributed by atoms with van der Waals surface area (Å²) in [4.78, 5) is 29.9. The normalized spacial score (nSPS) is 16.6. The Kier molecular flexibility index (Phi) is 8.46. The molecule has 8 nitrogen and oxygen atoms in total. The van der Waals surface area contributed by atoms with Gasteiger partial charge in [-0.25, -0.2) is 0 Å². The number of carbonyl (C=O) groups excluding carboxylic acids is 2. The maximum atomic E-state index is 13.5. The first kappa shape index (κ1) is 24.1. The molecule has 1 fully saturated rings. The van der Waals surface area contributed by atoms with E-state index in [1.165, 1.54) is 0 Å². The highest BCUT2D eigenvalue weighted by Gasteiger charge is 2.27. The lowest BCUT2D eigenvalue weighted by molar-refractivity contribution is -0.142. The van der Waals surface area contributed by atoms with E-state index in [2.05, 4.69) is 6.92 Å². The fraction of sp³-hybridized carbons (Fsp3) is 0.538. The summed E-state index contributed by atoms with van der Waals surface area (Å²) in [7, 11) is 0. The minimum atomic E-state index is -0.129. The van der Waals surface area contributed by atoms with Gasteiger partial charge in [-0.1, -0.05) is 25.8 Å². The van der Waals surface area contributed by atoms with Gasteiger partial charge in [0.15, 0.2) is 11.5 Å². The molecule has 0 bridgehead atoms. The molecule has 3 heterocycles. The molecule has 2 amide bonds. The number of furan rings is 1. The molecule has 2 aromatic rings. The molecular formula is C26H34N2O6.